The third-order valence-corrected chi connectivity index (χ3v) is 4.66. The average Bonchev–Trinajstić information content (AvgIpc) is 2.56. The maximum Gasteiger partial charge on any atom is 0.417 e. The second-order valence-electron chi connectivity index (χ2n) is 5.10. The molecule has 2 aromatic rings. The number of hydrogen-bond acceptors (Lipinski definition) is 4. The number of para-hydroxylation sites is 1. The first kappa shape index (κ1) is 18.0. The third kappa shape index (κ3) is 5.36. The normalized spacial score (nSPS) is 11.0. The van der Waals surface area contributed by atoms with Crippen LogP contribution in [0.3, 0.4) is 0 Å². The molecule has 0 unspecified atom stereocenters. The van der Waals surface area contributed by atoms with Gasteiger partial charge in [0.1, 0.15) is 5.75 Å². The van der Waals surface area contributed by atoms with Crippen LogP contribution in [-0.2, 0) is 10.0 Å². The van der Waals surface area contributed by atoms with Gasteiger partial charge in [-0.2, -0.15) is 0 Å². The van der Waals surface area contributed by atoms with E-state index in [0.717, 1.165) is 12.8 Å². The predicted octanol–water partition coefficient (Wildman–Crippen LogP) is 3.38. The zero-order valence-corrected chi connectivity index (χ0v) is 14.2. The smallest absolute Gasteiger partial charge is 0.410 e. The highest BCUT2D eigenvalue weighted by Crippen LogP contribution is 2.15. The number of carbonyl (C=O) groups is 1. The topological polar surface area (TPSA) is 84.5 Å². The van der Waals surface area contributed by atoms with Crippen molar-refractivity contribution >= 4 is 21.8 Å². The van der Waals surface area contributed by atoms with Crippen LogP contribution in [0.2, 0.25) is 0 Å². The number of unbranched alkanes of at least 4 members (excludes halogenated alkanes) is 1. The Labute approximate surface area is 141 Å². The van der Waals surface area contributed by atoms with Crippen LogP contribution in [0, 0.1) is 0 Å². The van der Waals surface area contributed by atoms with Crippen LogP contribution in [0.4, 0.5) is 10.5 Å². The number of carbonyl (C=O) groups excluding carboxylic acids is 1. The van der Waals surface area contributed by atoms with Crippen LogP contribution < -0.4 is 14.8 Å². The Morgan fingerprint density at radius 1 is 1.04 bits per heavy atom. The second kappa shape index (κ2) is 8.47. The average molecular weight is 348 g/mol. The number of nitrogens with one attached hydrogen (secondary N) is 2. The minimum atomic E-state index is -3.52. The molecule has 0 atom stereocenters. The lowest BCUT2D eigenvalue weighted by atomic mass is 10.3. The van der Waals surface area contributed by atoms with Crippen molar-refractivity contribution in [1.82, 2.24) is 4.72 Å². The maximum absolute atomic E-state index is 12.1. The number of ether oxygens (including phenoxy) is 1. The van der Waals surface area contributed by atoms with E-state index >= 15 is 0 Å². The fourth-order valence-electron chi connectivity index (χ4n) is 1.92. The molecule has 6 nitrogen and oxygen atoms in total. The molecule has 0 aromatic heterocycles. The van der Waals surface area contributed by atoms with Crippen LogP contribution in [0.1, 0.15) is 19.8 Å². The van der Waals surface area contributed by atoms with Crippen LogP contribution >= 0.6 is 0 Å². The Hall–Kier alpha value is -2.38. The maximum atomic E-state index is 12.1. The Balaban J connectivity index is 1.95. The van der Waals surface area contributed by atoms with Crippen LogP contribution in [0.15, 0.2) is 59.5 Å². The van der Waals surface area contributed by atoms with Gasteiger partial charge in [0.2, 0.25) is 10.0 Å². The Morgan fingerprint density at radius 2 is 1.71 bits per heavy atom. The SMILES string of the molecule is CCCCNS(=O)(=O)c1ccc(NC(=O)Oc2ccccc2)cc1. The van der Waals surface area contributed by atoms with E-state index in [1.807, 2.05) is 13.0 Å². The summed E-state index contributed by atoms with van der Waals surface area (Å²) in [6, 6.07) is 14.6. The molecular weight excluding hydrogens is 328 g/mol. The van der Waals surface area contributed by atoms with Gasteiger partial charge in [-0.1, -0.05) is 31.5 Å². The van der Waals surface area contributed by atoms with Gasteiger partial charge in [-0.05, 0) is 42.8 Å². The fraction of sp³-hybridized carbons (Fsp3) is 0.235. The number of amides is 1. The van der Waals surface area contributed by atoms with E-state index in [9.17, 15) is 13.2 Å². The van der Waals surface area contributed by atoms with Crippen LogP contribution in [0.5, 0.6) is 5.75 Å². The minimum absolute atomic E-state index is 0.153. The lowest BCUT2D eigenvalue weighted by molar-refractivity contribution is 0.215. The fourth-order valence-corrected chi connectivity index (χ4v) is 3.00. The predicted molar refractivity (Wildman–Crippen MR) is 92.6 cm³/mol. The molecular formula is C17H20N2O4S. The molecule has 0 aliphatic rings. The molecule has 2 N–H and O–H groups in total. The molecule has 1 amide bonds. The molecule has 0 saturated carbocycles. The summed E-state index contributed by atoms with van der Waals surface area (Å²) in [5.41, 5.74) is 0.448. The summed E-state index contributed by atoms with van der Waals surface area (Å²) >= 11 is 0. The molecule has 0 heterocycles. The Morgan fingerprint density at radius 3 is 2.33 bits per heavy atom. The van der Waals surface area contributed by atoms with Crippen LogP contribution in [0.25, 0.3) is 0 Å². The van der Waals surface area contributed by atoms with Gasteiger partial charge in [-0.25, -0.2) is 17.9 Å². The standard InChI is InChI=1S/C17H20N2O4S/c1-2-3-13-18-24(21,22)16-11-9-14(10-12-16)19-17(20)23-15-7-5-4-6-8-15/h4-12,18H,2-3,13H2,1H3,(H,19,20). The van der Waals surface area contributed by atoms with E-state index in [2.05, 4.69) is 10.0 Å². The van der Waals surface area contributed by atoms with E-state index in [-0.39, 0.29) is 4.90 Å². The summed E-state index contributed by atoms with van der Waals surface area (Å²) in [6.07, 6.45) is 1.05. The zero-order valence-electron chi connectivity index (χ0n) is 13.4. The van der Waals surface area contributed by atoms with Gasteiger partial charge < -0.3 is 4.74 Å². The van der Waals surface area contributed by atoms with Crippen molar-refractivity contribution in [3.8, 4) is 5.75 Å². The highest BCUT2D eigenvalue weighted by Gasteiger charge is 2.13. The summed E-state index contributed by atoms with van der Waals surface area (Å²) in [4.78, 5) is 11.9. The molecule has 0 aliphatic carbocycles. The van der Waals surface area contributed by atoms with Crippen molar-refractivity contribution < 1.29 is 17.9 Å². The van der Waals surface area contributed by atoms with Gasteiger partial charge in [0.25, 0.3) is 0 Å². The number of anilines is 1. The highest BCUT2D eigenvalue weighted by atomic mass is 32.2. The summed E-state index contributed by atoms with van der Waals surface area (Å²) in [5.74, 6) is 0.425. The summed E-state index contributed by atoms with van der Waals surface area (Å²) in [7, 11) is -3.52. The summed E-state index contributed by atoms with van der Waals surface area (Å²) < 4.78 is 31.7. The first-order valence-electron chi connectivity index (χ1n) is 7.65. The molecule has 2 rings (SSSR count). The second-order valence-corrected chi connectivity index (χ2v) is 6.87. The molecule has 0 fully saturated rings. The van der Waals surface area contributed by atoms with Crippen molar-refractivity contribution in [3.05, 3.63) is 54.6 Å². The minimum Gasteiger partial charge on any atom is -0.410 e. The van der Waals surface area contributed by atoms with Crippen LogP contribution in [-0.4, -0.2) is 21.1 Å². The van der Waals surface area contributed by atoms with E-state index in [1.54, 1.807) is 24.3 Å². The highest BCUT2D eigenvalue weighted by molar-refractivity contribution is 7.89. The van der Waals surface area contributed by atoms with Gasteiger partial charge in [0, 0.05) is 12.2 Å². The molecule has 0 radical (unpaired) electrons. The Kier molecular flexibility index (Phi) is 6.34. The number of benzene rings is 2. The van der Waals surface area contributed by atoms with Crippen molar-refractivity contribution in [2.45, 2.75) is 24.7 Å². The van der Waals surface area contributed by atoms with E-state index in [4.69, 9.17) is 4.74 Å². The molecule has 0 bridgehead atoms. The van der Waals surface area contributed by atoms with Gasteiger partial charge in [-0.15, -0.1) is 0 Å². The molecule has 24 heavy (non-hydrogen) atoms. The molecule has 0 saturated heterocycles. The van der Waals surface area contributed by atoms with Crippen molar-refractivity contribution in [1.29, 1.82) is 0 Å². The van der Waals surface area contributed by atoms with Crippen molar-refractivity contribution in [3.63, 3.8) is 0 Å². The van der Waals surface area contributed by atoms with E-state index in [0.29, 0.717) is 18.0 Å². The molecule has 0 aliphatic heterocycles. The number of sulfonamides is 1. The zero-order chi connectivity index (χ0) is 17.4. The number of rotatable bonds is 7. The molecule has 0 spiro atoms. The lowest BCUT2D eigenvalue weighted by Gasteiger charge is -2.09. The summed E-state index contributed by atoms with van der Waals surface area (Å²) in [5, 5.41) is 2.54. The first-order valence-corrected chi connectivity index (χ1v) is 9.13. The lowest BCUT2D eigenvalue weighted by Crippen LogP contribution is -2.24. The molecule has 2 aromatic carbocycles. The first-order chi connectivity index (χ1) is 11.5. The van der Waals surface area contributed by atoms with Gasteiger partial charge in [0.15, 0.2) is 0 Å². The van der Waals surface area contributed by atoms with Crippen molar-refractivity contribution in [2.24, 2.45) is 0 Å². The van der Waals surface area contributed by atoms with E-state index < -0.39 is 16.1 Å². The number of hydrogen-bond donors (Lipinski definition) is 2. The van der Waals surface area contributed by atoms with Gasteiger partial charge >= 0.3 is 6.09 Å². The Bertz CT molecular complexity index is 759. The van der Waals surface area contributed by atoms with Crippen molar-refractivity contribution in [2.75, 3.05) is 11.9 Å². The van der Waals surface area contributed by atoms with E-state index in [1.165, 1.54) is 24.3 Å². The monoisotopic (exact) mass is 348 g/mol. The van der Waals surface area contributed by atoms with Gasteiger partial charge in [0.05, 0.1) is 4.90 Å². The molecule has 128 valence electrons. The third-order valence-electron chi connectivity index (χ3n) is 3.19. The largest absolute Gasteiger partial charge is 0.417 e. The van der Waals surface area contributed by atoms with Gasteiger partial charge in [-0.3, -0.25) is 5.32 Å². The summed E-state index contributed by atoms with van der Waals surface area (Å²) in [6.45, 7) is 2.39. The quantitative estimate of drug-likeness (QED) is 0.751. The molecule has 7 heteroatoms.